The second kappa shape index (κ2) is 6.19. The first-order chi connectivity index (χ1) is 8.22. The molecule has 0 radical (unpaired) electrons. The maximum Gasteiger partial charge on any atom is 0.0771 e. The zero-order valence-corrected chi connectivity index (χ0v) is 11.4. The molecule has 0 aliphatic heterocycles. The molecule has 2 fully saturated rings. The van der Waals surface area contributed by atoms with Gasteiger partial charge in [0.1, 0.15) is 0 Å². The number of rotatable bonds is 5. The van der Waals surface area contributed by atoms with Gasteiger partial charge < -0.3 is 10.4 Å². The Balaban J connectivity index is 1.67. The summed E-state index contributed by atoms with van der Waals surface area (Å²) >= 11 is 0. The summed E-state index contributed by atoms with van der Waals surface area (Å²) in [6.07, 6.45) is 12.8. The van der Waals surface area contributed by atoms with Crippen LogP contribution in [0.3, 0.4) is 0 Å². The van der Waals surface area contributed by atoms with E-state index in [0.717, 1.165) is 25.3 Å². The van der Waals surface area contributed by atoms with E-state index in [9.17, 15) is 5.11 Å². The highest BCUT2D eigenvalue weighted by molar-refractivity contribution is 4.90. The molecule has 0 heterocycles. The first kappa shape index (κ1) is 13.4. The molecule has 100 valence electrons. The van der Waals surface area contributed by atoms with Crippen LogP contribution in [0.25, 0.3) is 0 Å². The van der Waals surface area contributed by atoms with Crippen LogP contribution in [0.5, 0.6) is 0 Å². The minimum atomic E-state index is -0.352. The zero-order chi connectivity index (χ0) is 12.1. The predicted octanol–water partition coefficient (Wildman–Crippen LogP) is 3.24. The maximum absolute atomic E-state index is 10.1. The summed E-state index contributed by atoms with van der Waals surface area (Å²) in [4.78, 5) is 0. The van der Waals surface area contributed by atoms with Crippen molar-refractivity contribution >= 4 is 0 Å². The Morgan fingerprint density at radius 2 is 1.94 bits per heavy atom. The molecule has 2 unspecified atom stereocenters. The van der Waals surface area contributed by atoms with E-state index in [1.807, 2.05) is 0 Å². The fourth-order valence-corrected chi connectivity index (χ4v) is 3.38. The van der Waals surface area contributed by atoms with E-state index in [1.54, 1.807) is 0 Å². The number of hydrogen-bond acceptors (Lipinski definition) is 2. The predicted molar refractivity (Wildman–Crippen MR) is 72.1 cm³/mol. The van der Waals surface area contributed by atoms with E-state index in [-0.39, 0.29) is 5.60 Å². The molecule has 2 nitrogen and oxygen atoms in total. The monoisotopic (exact) mass is 239 g/mol. The van der Waals surface area contributed by atoms with E-state index < -0.39 is 0 Å². The van der Waals surface area contributed by atoms with Crippen molar-refractivity contribution < 1.29 is 5.11 Å². The van der Waals surface area contributed by atoms with Crippen molar-refractivity contribution in [3.63, 3.8) is 0 Å². The molecular formula is C15H29NO. The molecule has 0 bridgehead atoms. The SMILES string of the molecule is CCCC1CCCC(NCC2(O)CCC2)CC1. The van der Waals surface area contributed by atoms with Gasteiger partial charge in [-0.1, -0.05) is 32.6 Å². The normalized spacial score (nSPS) is 32.8. The average molecular weight is 239 g/mol. The second-order valence-electron chi connectivity index (χ2n) is 6.32. The Bertz CT molecular complexity index is 225. The third-order valence-corrected chi connectivity index (χ3v) is 4.79. The van der Waals surface area contributed by atoms with Crippen LogP contribution in [0.15, 0.2) is 0 Å². The van der Waals surface area contributed by atoms with Crippen LogP contribution in [-0.2, 0) is 0 Å². The van der Waals surface area contributed by atoms with Gasteiger partial charge in [-0.2, -0.15) is 0 Å². The molecule has 2 N–H and O–H groups in total. The van der Waals surface area contributed by atoms with Gasteiger partial charge in [0.25, 0.3) is 0 Å². The molecule has 0 aromatic carbocycles. The Kier molecular flexibility index (Phi) is 4.87. The van der Waals surface area contributed by atoms with Gasteiger partial charge in [0.05, 0.1) is 5.60 Å². The van der Waals surface area contributed by atoms with Crippen molar-refractivity contribution in [3.05, 3.63) is 0 Å². The summed E-state index contributed by atoms with van der Waals surface area (Å²) in [5.74, 6) is 0.971. The summed E-state index contributed by atoms with van der Waals surface area (Å²) < 4.78 is 0. The summed E-state index contributed by atoms with van der Waals surface area (Å²) in [6, 6.07) is 0.668. The molecule has 0 saturated heterocycles. The maximum atomic E-state index is 10.1. The number of aliphatic hydroxyl groups is 1. The average Bonchev–Trinajstić information content (AvgIpc) is 2.50. The van der Waals surface area contributed by atoms with Gasteiger partial charge in [0.2, 0.25) is 0 Å². The third-order valence-electron chi connectivity index (χ3n) is 4.79. The van der Waals surface area contributed by atoms with Gasteiger partial charge in [-0.05, 0) is 44.4 Å². The van der Waals surface area contributed by atoms with E-state index in [4.69, 9.17) is 0 Å². The molecule has 0 spiro atoms. The standard InChI is InChI=1S/C15H29NO/c1-2-5-13-6-3-7-14(9-8-13)16-12-15(17)10-4-11-15/h13-14,16-17H,2-12H2,1H3. The van der Waals surface area contributed by atoms with Crippen LogP contribution >= 0.6 is 0 Å². The topological polar surface area (TPSA) is 32.3 Å². The van der Waals surface area contributed by atoms with Crippen molar-refractivity contribution in [1.29, 1.82) is 0 Å². The first-order valence-corrected chi connectivity index (χ1v) is 7.67. The molecule has 2 rings (SSSR count). The molecular weight excluding hydrogens is 210 g/mol. The van der Waals surface area contributed by atoms with Gasteiger partial charge >= 0.3 is 0 Å². The molecule has 0 aromatic heterocycles. The largest absolute Gasteiger partial charge is 0.389 e. The summed E-state index contributed by atoms with van der Waals surface area (Å²) in [6.45, 7) is 3.13. The Morgan fingerprint density at radius 1 is 1.12 bits per heavy atom. The Morgan fingerprint density at radius 3 is 2.59 bits per heavy atom. The molecule has 2 aliphatic carbocycles. The summed E-state index contributed by atoms with van der Waals surface area (Å²) in [5.41, 5.74) is -0.352. The third kappa shape index (κ3) is 3.96. The van der Waals surface area contributed by atoms with Crippen molar-refractivity contribution in [2.75, 3.05) is 6.54 Å². The van der Waals surface area contributed by atoms with E-state index in [0.29, 0.717) is 6.04 Å². The van der Waals surface area contributed by atoms with Crippen molar-refractivity contribution in [2.45, 2.75) is 82.8 Å². The van der Waals surface area contributed by atoms with Gasteiger partial charge in [-0.3, -0.25) is 0 Å². The lowest BCUT2D eigenvalue weighted by molar-refractivity contribution is -0.0335. The zero-order valence-electron chi connectivity index (χ0n) is 11.4. The molecule has 2 heteroatoms. The highest BCUT2D eigenvalue weighted by atomic mass is 16.3. The van der Waals surface area contributed by atoms with Crippen LogP contribution in [-0.4, -0.2) is 23.3 Å². The first-order valence-electron chi connectivity index (χ1n) is 7.67. The Labute approximate surface area is 106 Å². The van der Waals surface area contributed by atoms with Gasteiger partial charge in [0, 0.05) is 12.6 Å². The summed E-state index contributed by atoms with van der Waals surface area (Å²) in [5, 5.41) is 13.7. The fourth-order valence-electron chi connectivity index (χ4n) is 3.38. The minimum Gasteiger partial charge on any atom is -0.389 e. The number of nitrogens with one attached hydrogen (secondary N) is 1. The minimum absolute atomic E-state index is 0.352. The highest BCUT2D eigenvalue weighted by Crippen LogP contribution is 2.32. The van der Waals surface area contributed by atoms with Gasteiger partial charge in [-0.25, -0.2) is 0 Å². The molecule has 0 aromatic rings. The highest BCUT2D eigenvalue weighted by Gasteiger charge is 2.34. The number of hydrogen-bond donors (Lipinski definition) is 2. The van der Waals surface area contributed by atoms with Crippen LogP contribution < -0.4 is 5.32 Å². The van der Waals surface area contributed by atoms with Gasteiger partial charge in [0.15, 0.2) is 0 Å². The molecule has 17 heavy (non-hydrogen) atoms. The Hall–Kier alpha value is -0.0800. The second-order valence-corrected chi connectivity index (χ2v) is 6.32. The lowest BCUT2D eigenvalue weighted by Crippen LogP contribution is -2.48. The van der Waals surface area contributed by atoms with Crippen LogP contribution in [0.1, 0.15) is 71.1 Å². The quantitative estimate of drug-likeness (QED) is 0.722. The van der Waals surface area contributed by atoms with E-state index >= 15 is 0 Å². The lowest BCUT2D eigenvalue weighted by atomic mass is 9.80. The summed E-state index contributed by atoms with van der Waals surface area (Å²) in [7, 11) is 0. The molecule has 2 aliphatic rings. The lowest BCUT2D eigenvalue weighted by Gasteiger charge is -2.38. The van der Waals surface area contributed by atoms with Crippen LogP contribution in [0.4, 0.5) is 0 Å². The molecule has 2 saturated carbocycles. The van der Waals surface area contributed by atoms with E-state index in [2.05, 4.69) is 12.2 Å². The van der Waals surface area contributed by atoms with E-state index in [1.165, 1.54) is 51.4 Å². The van der Waals surface area contributed by atoms with Crippen LogP contribution in [0, 0.1) is 5.92 Å². The molecule has 0 amide bonds. The van der Waals surface area contributed by atoms with Gasteiger partial charge in [-0.15, -0.1) is 0 Å². The smallest absolute Gasteiger partial charge is 0.0771 e. The van der Waals surface area contributed by atoms with Crippen molar-refractivity contribution in [2.24, 2.45) is 5.92 Å². The van der Waals surface area contributed by atoms with Crippen LogP contribution in [0.2, 0.25) is 0 Å². The molecule has 2 atom stereocenters. The van der Waals surface area contributed by atoms with Crippen molar-refractivity contribution in [1.82, 2.24) is 5.32 Å². The van der Waals surface area contributed by atoms with Crippen molar-refractivity contribution in [3.8, 4) is 0 Å². The fraction of sp³-hybridized carbons (Fsp3) is 1.00.